The highest BCUT2D eigenvalue weighted by atomic mass is 16.5. The molecule has 2 atom stereocenters. The van der Waals surface area contributed by atoms with Gasteiger partial charge in [0, 0.05) is 18.2 Å². The summed E-state index contributed by atoms with van der Waals surface area (Å²) >= 11 is 0. The molecule has 1 aliphatic heterocycles. The molecule has 3 rings (SSSR count). The van der Waals surface area contributed by atoms with E-state index in [4.69, 9.17) is 4.74 Å². The van der Waals surface area contributed by atoms with Crippen LogP contribution in [0.5, 0.6) is 5.75 Å². The van der Waals surface area contributed by atoms with Crippen LogP contribution in [0, 0.1) is 0 Å². The van der Waals surface area contributed by atoms with Gasteiger partial charge in [-0.3, -0.25) is 4.79 Å². The predicted molar refractivity (Wildman–Crippen MR) is 99.8 cm³/mol. The van der Waals surface area contributed by atoms with Gasteiger partial charge >= 0.3 is 0 Å². The average Bonchev–Trinajstić information content (AvgIpc) is 3.13. The van der Waals surface area contributed by atoms with Crippen LogP contribution in [0.15, 0.2) is 54.6 Å². The Morgan fingerprint density at radius 3 is 2.56 bits per heavy atom. The van der Waals surface area contributed by atoms with E-state index in [1.807, 2.05) is 48.5 Å². The van der Waals surface area contributed by atoms with Gasteiger partial charge in [0.1, 0.15) is 5.75 Å². The molecule has 25 heavy (non-hydrogen) atoms. The summed E-state index contributed by atoms with van der Waals surface area (Å²) in [7, 11) is 0. The molecule has 0 bridgehead atoms. The Labute approximate surface area is 149 Å². The molecule has 4 heteroatoms. The molecular weight excluding hydrogens is 312 g/mol. The van der Waals surface area contributed by atoms with Crippen LogP contribution in [0.2, 0.25) is 0 Å². The molecule has 0 aliphatic carbocycles. The normalized spacial score (nSPS) is 18.1. The van der Waals surface area contributed by atoms with Crippen molar-refractivity contribution in [2.45, 2.75) is 38.3 Å². The Morgan fingerprint density at radius 2 is 1.88 bits per heavy atom. The molecule has 1 fully saturated rings. The van der Waals surface area contributed by atoms with Gasteiger partial charge in [-0.25, -0.2) is 0 Å². The topological polar surface area (TPSA) is 50.4 Å². The number of rotatable bonds is 6. The lowest BCUT2D eigenvalue weighted by molar-refractivity contribution is -0.128. The van der Waals surface area contributed by atoms with Gasteiger partial charge in [0.2, 0.25) is 6.10 Å². The molecule has 0 saturated carbocycles. The van der Waals surface area contributed by atoms with E-state index >= 15 is 0 Å². The molecule has 1 aliphatic rings. The summed E-state index contributed by atoms with van der Waals surface area (Å²) < 4.78 is 6.13. The lowest BCUT2D eigenvalue weighted by Gasteiger charge is -2.22. The third-order valence-corrected chi connectivity index (χ3v) is 4.53. The summed E-state index contributed by atoms with van der Waals surface area (Å²) in [6, 6.07) is 17.8. The predicted octanol–water partition coefficient (Wildman–Crippen LogP) is 3.41. The van der Waals surface area contributed by atoms with E-state index in [0.717, 1.165) is 30.8 Å². The SMILES string of the molecule is CC(C)c1cccc(OC(C(=O)NC2CCNC2)c2ccccc2)c1. The van der Waals surface area contributed by atoms with Crippen LogP contribution in [0.4, 0.5) is 0 Å². The van der Waals surface area contributed by atoms with Crippen molar-refractivity contribution in [1.82, 2.24) is 10.6 Å². The number of benzene rings is 2. The fourth-order valence-electron chi connectivity index (χ4n) is 3.04. The number of carbonyl (C=O) groups is 1. The van der Waals surface area contributed by atoms with Crippen molar-refractivity contribution in [1.29, 1.82) is 0 Å². The highest BCUT2D eigenvalue weighted by molar-refractivity contribution is 5.83. The fraction of sp³-hybridized carbons (Fsp3) is 0.381. The maximum absolute atomic E-state index is 12.9. The van der Waals surface area contributed by atoms with Crippen LogP contribution in [-0.4, -0.2) is 25.0 Å². The van der Waals surface area contributed by atoms with Crippen LogP contribution in [0.3, 0.4) is 0 Å². The average molecular weight is 338 g/mol. The third kappa shape index (κ3) is 4.60. The Hall–Kier alpha value is -2.33. The van der Waals surface area contributed by atoms with Crippen molar-refractivity contribution in [3.05, 3.63) is 65.7 Å². The molecule has 0 spiro atoms. The summed E-state index contributed by atoms with van der Waals surface area (Å²) in [4.78, 5) is 12.9. The number of hydrogen-bond acceptors (Lipinski definition) is 3. The van der Waals surface area contributed by atoms with Crippen molar-refractivity contribution in [2.75, 3.05) is 13.1 Å². The molecular formula is C21H26N2O2. The van der Waals surface area contributed by atoms with Gasteiger partial charge in [-0.2, -0.15) is 0 Å². The zero-order valence-corrected chi connectivity index (χ0v) is 14.9. The minimum absolute atomic E-state index is 0.0881. The number of carbonyl (C=O) groups excluding carboxylic acids is 1. The first-order chi connectivity index (χ1) is 12.1. The highest BCUT2D eigenvalue weighted by Crippen LogP contribution is 2.26. The van der Waals surface area contributed by atoms with Crippen molar-refractivity contribution in [3.8, 4) is 5.75 Å². The lowest BCUT2D eigenvalue weighted by Crippen LogP contribution is -2.40. The van der Waals surface area contributed by atoms with Gasteiger partial charge in [0.25, 0.3) is 5.91 Å². The first-order valence-electron chi connectivity index (χ1n) is 8.96. The van der Waals surface area contributed by atoms with Gasteiger partial charge < -0.3 is 15.4 Å². The van der Waals surface area contributed by atoms with E-state index in [1.54, 1.807) is 0 Å². The zero-order chi connectivity index (χ0) is 17.6. The minimum atomic E-state index is -0.649. The summed E-state index contributed by atoms with van der Waals surface area (Å²) in [5, 5.41) is 6.38. The van der Waals surface area contributed by atoms with Crippen molar-refractivity contribution in [3.63, 3.8) is 0 Å². The van der Waals surface area contributed by atoms with Gasteiger partial charge in [0.05, 0.1) is 0 Å². The third-order valence-electron chi connectivity index (χ3n) is 4.53. The number of nitrogens with one attached hydrogen (secondary N) is 2. The van der Waals surface area contributed by atoms with Crippen LogP contribution >= 0.6 is 0 Å². The Balaban J connectivity index is 1.81. The fourth-order valence-corrected chi connectivity index (χ4v) is 3.04. The molecule has 2 aromatic carbocycles. The van der Waals surface area contributed by atoms with Crippen LogP contribution in [0.1, 0.15) is 43.4 Å². The van der Waals surface area contributed by atoms with Crippen molar-refractivity contribution < 1.29 is 9.53 Å². The maximum Gasteiger partial charge on any atom is 0.266 e. The van der Waals surface area contributed by atoms with Gasteiger partial charge in [-0.05, 0) is 36.6 Å². The van der Waals surface area contributed by atoms with Crippen molar-refractivity contribution >= 4 is 5.91 Å². The summed E-state index contributed by atoms with van der Waals surface area (Å²) in [5.41, 5.74) is 2.06. The van der Waals surface area contributed by atoms with E-state index in [9.17, 15) is 4.79 Å². The molecule has 2 unspecified atom stereocenters. The highest BCUT2D eigenvalue weighted by Gasteiger charge is 2.26. The van der Waals surface area contributed by atoms with E-state index in [1.165, 1.54) is 5.56 Å². The smallest absolute Gasteiger partial charge is 0.266 e. The second-order valence-corrected chi connectivity index (χ2v) is 6.83. The van der Waals surface area contributed by atoms with Crippen LogP contribution in [0.25, 0.3) is 0 Å². The minimum Gasteiger partial charge on any atom is -0.476 e. The quantitative estimate of drug-likeness (QED) is 0.849. The lowest BCUT2D eigenvalue weighted by atomic mass is 10.0. The second-order valence-electron chi connectivity index (χ2n) is 6.83. The largest absolute Gasteiger partial charge is 0.476 e. The first-order valence-corrected chi connectivity index (χ1v) is 8.96. The molecule has 4 nitrogen and oxygen atoms in total. The Morgan fingerprint density at radius 1 is 1.12 bits per heavy atom. The monoisotopic (exact) mass is 338 g/mol. The van der Waals surface area contributed by atoms with E-state index in [-0.39, 0.29) is 11.9 Å². The van der Waals surface area contributed by atoms with Crippen molar-refractivity contribution in [2.24, 2.45) is 0 Å². The second kappa shape index (κ2) is 8.17. The number of hydrogen-bond donors (Lipinski definition) is 2. The molecule has 1 saturated heterocycles. The van der Waals surface area contributed by atoms with Gasteiger partial charge in [0.15, 0.2) is 0 Å². The Kier molecular flexibility index (Phi) is 5.71. The first kappa shape index (κ1) is 17.5. The van der Waals surface area contributed by atoms with E-state index < -0.39 is 6.10 Å². The van der Waals surface area contributed by atoms with Gasteiger partial charge in [-0.1, -0.05) is 56.3 Å². The van der Waals surface area contributed by atoms with Crippen LogP contribution < -0.4 is 15.4 Å². The summed E-state index contributed by atoms with van der Waals surface area (Å²) in [6.45, 7) is 6.05. The number of ether oxygens (including phenoxy) is 1. The molecule has 1 heterocycles. The molecule has 1 amide bonds. The molecule has 132 valence electrons. The van der Waals surface area contributed by atoms with Crippen LogP contribution in [-0.2, 0) is 4.79 Å². The Bertz CT molecular complexity index is 694. The molecule has 0 radical (unpaired) electrons. The zero-order valence-electron chi connectivity index (χ0n) is 14.9. The summed E-state index contributed by atoms with van der Waals surface area (Å²) in [5.74, 6) is 1.05. The van der Waals surface area contributed by atoms with Gasteiger partial charge in [-0.15, -0.1) is 0 Å². The maximum atomic E-state index is 12.9. The molecule has 2 aromatic rings. The molecule has 0 aromatic heterocycles. The standard InChI is InChI=1S/C21H26N2O2/c1-15(2)17-9-6-10-19(13-17)25-20(16-7-4-3-5-8-16)21(24)23-18-11-12-22-14-18/h3-10,13,15,18,20,22H,11-12,14H2,1-2H3,(H,23,24). The van der Waals surface area contributed by atoms with E-state index in [2.05, 4.69) is 30.5 Å². The molecule has 2 N–H and O–H groups in total. The van der Waals surface area contributed by atoms with E-state index in [0.29, 0.717) is 5.92 Å². The summed E-state index contributed by atoms with van der Waals surface area (Å²) in [6.07, 6.45) is 0.306. The number of amides is 1.